The maximum Gasteiger partial charge on any atom is 0.305 e. The first-order valence-electron chi connectivity index (χ1n) is 14.1. The van der Waals surface area contributed by atoms with Gasteiger partial charge in [-0.05, 0) is 70.7 Å². The molecule has 226 valence electrons. The number of ketones is 2. The third-order valence-electron chi connectivity index (χ3n) is 6.44. The van der Waals surface area contributed by atoms with Gasteiger partial charge in [-0.3, -0.25) is 14.4 Å². The molecule has 2 rings (SSSR count). The van der Waals surface area contributed by atoms with Crippen LogP contribution < -0.4 is 9.47 Å². The molecule has 0 amide bonds. The van der Waals surface area contributed by atoms with Gasteiger partial charge in [0.05, 0.1) is 41.6 Å². The smallest absolute Gasteiger partial charge is 0.305 e. The van der Waals surface area contributed by atoms with Crippen LogP contribution in [0.1, 0.15) is 98.6 Å². The number of sulfone groups is 1. The molecule has 0 fully saturated rings. The number of benzene rings is 2. The Balaban J connectivity index is 2.23. The Hall–Kier alpha value is -3.40. The van der Waals surface area contributed by atoms with Crippen molar-refractivity contribution in [3.63, 3.8) is 0 Å². The zero-order valence-corrected chi connectivity index (χ0v) is 25.5. The zero-order chi connectivity index (χ0) is 30.6. The number of hydrogen-bond acceptors (Lipinski definition) is 9. The summed E-state index contributed by atoms with van der Waals surface area (Å²) in [7, 11) is -3.77. The van der Waals surface area contributed by atoms with E-state index < -0.39 is 9.84 Å². The quantitative estimate of drug-likeness (QED) is 0.132. The van der Waals surface area contributed by atoms with E-state index in [2.05, 4.69) is 0 Å². The minimum absolute atomic E-state index is 0.0840. The molecule has 0 aliphatic carbocycles. The molecule has 2 aromatic rings. The van der Waals surface area contributed by atoms with Crippen LogP contribution in [0.25, 0.3) is 0 Å². The molecule has 2 aromatic carbocycles. The molecule has 0 saturated carbocycles. The molecule has 0 spiro atoms. The lowest BCUT2D eigenvalue weighted by atomic mass is 10.0. The van der Waals surface area contributed by atoms with Crippen molar-refractivity contribution in [3.05, 3.63) is 46.5 Å². The Morgan fingerprint density at radius 2 is 1.41 bits per heavy atom. The minimum atomic E-state index is -3.77. The number of rotatable bonds is 18. The lowest BCUT2D eigenvalue weighted by Gasteiger charge is -2.19. The van der Waals surface area contributed by atoms with Gasteiger partial charge >= 0.3 is 5.97 Å². The van der Waals surface area contributed by atoms with Crippen LogP contribution in [0.2, 0.25) is 0 Å². The molecule has 0 saturated heterocycles. The van der Waals surface area contributed by atoms with Crippen molar-refractivity contribution in [2.45, 2.75) is 84.5 Å². The van der Waals surface area contributed by atoms with Crippen LogP contribution >= 0.6 is 0 Å². The van der Waals surface area contributed by atoms with E-state index in [0.29, 0.717) is 48.1 Å². The van der Waals surface area contributed by atoms with Gasteiger partial charge in [0.25, 0.3) is 0 Å². The number of phenolic OH excluding ortho intramolecular Hbond substituents is 1. The molecule has 0 bridgehead atoms. The highest BCUT2D eigenvalue weighted by Crippen LogP contribution is 2.34. The van der Waals surface area contributed by atoms with Crippen molar-refractivity contribution in [2.24, 2.45) is 0 Å². The van der Waals surface area contributed by atoms with E-state index in [1.807, 2.05) is 13.8 Å². The summed E-state index contributed by atoms with van der Waals surface area (Å²) in [4.78, 5) is 35.9. The fourth-order valence-corrected chi connectivity index (χ4v) is 6.09. The van der Waals surface area contributed by atoms with Gasteiger partial charge in [0, 0.05) is 17.5 Å². The van der Waals surface area contributed by atoms with Crippen molar-refractivity contribution < 1.29 is 42.1 Å². The number of carbonyl (C=O) groups is 3. The average Bonchev–Trinajstić information content (AvgIpc) is 2.91. The molecule has 10 heteroatoms. The Labute approximate surface area is 243 Å². The summed E-state index contributed by atoms with van der Waals surface area (Å²) in [5.74, 6) is -0.489. The molecule has 0 aliphatic rings. The first kappa shape index (κ1) is 33.8. The van der Waals surface area contributed by atoms with E-state index >= 15 is 0 Å². The van der Waals surface area contributed by atoms with Crippen molar-refractivity contribution >= 4 is 27.4 Å². The van der Waals surface area contributed by atoms with Crippen molar-refractivity contribution in [1.29, 1.82) is 0 Å². The minimum Gasteiger partial charge on any atom is -0.507 e. The maximum absolute atomic E-state index is 13.5. The van der Waals surface area contributed by atoms with E-state index in [-0.39, 0.29) is 77.9 Å². The molecule has 0 heterocycles. The lowest BCUT2D eigenvalue weighted by Crippen LogP contribution is -2.16. The lowest BCUT2D eigenvalue weighted by molar-refractivity contribution is -0.143. The Bertz CT molecular complexity index is 1330. The van der Waals surface area contributed by atoms with Crippen LogP contribution in [-0.2, 0) is 32.2 Å². The van der Waals surface area contributed by atoms with E-state index in [1.165, 1.54) is 32.0 Å². The average molecular weight is 591 g/mol. The topological polar surface area (TPSA) is 133 Å². The van der Waals surface area contributed by atoms with E-state index in [9.17, 15) is 27.9 Å². The van der Waals surface area contributed by atoms with Crippen LogP contribution in [-0.4, -0.2) is 56.6 Å². The molecular weight excluding hydrogens is 548 g/mol. The van der Waals surface area contributed by atoms with Gasteiger partial charge in [0.15, 0.2) is 21.4 Å². The van der Waals surface area contributed by atoms with Gasteiger partial charge in [0.1, 0.15) is 17.2 Å². The third-order valence-corrected chi connectivity index (χ3v) is 8.32. The van der Waals surface area contributed by atoms with Crippen molar-refractivity contribution in [2.75, 3.05) is 25.6 Å². The van der Waals surface area contributed by atoms with Crippen LogP contribution in [0.3, 0.4) is 0 Å². The molecule has 9 nitrogen and oxygen atoms in total. The summed E-state index contributed by atoms with van der Waals surface area (Å²) >= 11 is 0. The van der Waals surface area contributed by atoms with Crippen LogP contribution in [0.5, 0.6) is 17.2 Å². The number of carbonyl (C=O) groups excluding carboxylic acids is 3. The number of ether oxygens (including phenoxy) is 3. The van der Waals surface area contributed by atoms with Crippen LogP contribution in [0.4, 0.5) is 0 Å². The number of phenols is 1. The second-order valence-electron chi connectivity index (χ2n) is 9.75. The Morgan fingerprint density at radius 1 is 0.805 bits per heavy atom. The van der Waals surface area contributed by atoms with Crippen LogP contribution in [0.15, 0.2) is 29.2 Å². The van der Waals surface area contributed by atoms with Gasteiger partial charge in [-0.1, -0.05) is 26.7 Å². The predicted octanol–water partition coefficient (Wildman–Crippen LogP) is 5.67. The zero-order valence-electron chi connectivity index (χ0n) is 24.7. The molecule has 0 radical (unpaired) electrons. The SMILES string of the molecule is CCCc1c(OCCCS(=O)(=O)c2ccc(C(C)=O)c(OCCCC(=O)OCC)c2CCC)ccc(C(C)=O)c1O. The summed E-state index contributed by atoms with van der Waals surface area (Å²) in [6.07, 6.45) is 2.94. The fourth-order valence-electron chi connectivity index (χ4n) is 4.52. The first-order valence-corrected chi connectivity index (χ1v) is 15.8. The van der Waals surface area contributed by atoms with Gasteiger partial charge in [0.2, 0.25) is 0 Å². The highest BCUT2D eigenvalue weighted by molar-refractivity contribution is 7.91. The molecule has 1 N–H and O–H groups in total. The van der Waals surface area contributed by atoms with E-state index in [4.69, 9.17) is 14.2 Å². The van der Waals surface area contributed by atoms with Gasteiger partial charge < -0.3 is 19.3 Å². The highest BCUT2D eigenvalue weighted by Gasteiger charge is 2.25. The molecule has 0 aromatic heterocycles. The summed E-state index contributed by atoms with van der Waals surface area (Å²) in [5.41, 5.74) is 1.49. The summed E-state index contributed by atoms with van der Waals surface area (Å²) in [6, 6.07) is 6.06. The normalized spacial score (nSPS) is 11.2. The number of Topliss-reactive ketones (excluding diaryl/α,β-unsaturated/α-hetero) is 2. The number of hydrogen-bond donors (Lipinski definition) is 1. The molecule has 41 heavy (non-hydrogen) atoms. The maximum atomic E-state index is 13.5. The largest absolute Gasteiger partial charge is 0.507 e. The van der Waals surface area contributed by atoms with Crippen LogP contribution in [0, 0.1) is 0 Å². The number of esters is 1. The molecular formula is C31H42O9S. The summed E-state index contributed by atoms with van der Waals surface area (Å²) in [5, 5.41) is 10.5. The second-order valence-corrected chi connectivity index (χ2v) is 11.8. The summed E-state index contributed by atoms with van der Waals surface area (Å²) < 4.78 is 43.7. The Morgan fingerprint density at radius 3 is 2.02 bits per heavy atom. The predicted molar refractivity (Wildman–Crippen MR) is 156 cm³/mol. The van der Waals surface area contributed by atoms with Gasteiger partial charge in [-0.25, -0.2) is 8.42 Å². The first-order chi connectivity index (χ1) is 19.5. The standard InChI is InChI=1S/C31H42O9S/c1-6-11-25-27(16-14-23(21(4)32)30(25)35)39-19-10-20-41(36,37)28-17-15-24(22(5)33)31(26(28)12-7-2)40-18-9-13-29(34)38-8-3/h14-17,35H,6-13,18-20H2,1-5H3. The summed E-state index contributed by atoms with van der Waals surface area (Å²) in [6.45, 7) is 8.86. The third kappa shape index (κ3) is 9.31. The molecule has 0 aliphatic heterocycles. The second kappa shape index (κ2) is 16.1. The highest BCUT2D eigenvalue weighted by atomic mass is 32.2. The molecule has 0 unspecified atom stereocenters. The number of aromatic hydroxyl groups is 1. The van der Waals surface area contributed by atoms with Gasteiger partial charge in [-0.15, -0.1) is 0 Å². The van der Waals surface area contributed by atoms with Gasteiger partial charge in [-0.2, -0.15) is 0 Å². The fraction of sp³-hybridized carbons (Fsp3) is 0.516. The Kier molecular flexibility index (Phi) is 13.3. The van der Waals surface area contributed by atoms with Crippen molar-refractivity contribution in [1.82, 2.24) is 0 Å². The monoisotopic (exact) mass is 590 g/mol. The van der Waals surface area contributed by atoms with E-state index in [1.54, 1.807) is 13.0 Å². The molecule has 0 atom stereocenters. The van der Waals surface area contributed by atoms with Crippen molar-refractivity contribution in [3.8, 4) is 17.2 Å². The van der Waals surface area contributed by atoms with E-state index in [0.717, 1.165) is 6.42 Å².